The van der Waals surface area contributed by atoms with Gasteiger partial charge in [0.1, 0.15) is 12.9 Å². The summed E-state index contributed by atoms with van der Waals surface area (Å²) in [5.41, 5.74) is 1.99. The number of imidazole rings is 1. The van der Waals surface area contributed by atoms with E-state index >= 15 is 0 Å². The summed E-state index contributed by atoms with van der Waals surface area (Å²) in [6.45, 7) is 6.04. The molecule has 11 nitrogen and oxygen atoms in total. The van der Waals surface area contributed by atoms with Crippen LogP contribution in [0.25, 0.3) is 5.52 Å². The molecular formula is C24H27ClN8O3. The van der Waals surface area contributed by atoms with Crippen molar-refractivity contribution in [1.29, 1.82) is 0 Å². The van der Waals surface area contributed by atoms with Gasteiger partial charge in [-0.15, -0.1) is 0 Å². The van der Waals surface area contributed by atoms with Gasteiger partial charge in [0.2, 0.25) is 11.8 Å². The van der Waals surface area contributed by atoms with Gasteiger partial charge in [-0.3, -0.25) is 9.36 Å². The summed E-state index contributed by atoms with van der Waals surface area (Å²) in [7, 11) is 2.10. The maximum absolute atomic E-state index is 13.3. The van der Waals surface area contributed by atoms with Crippen molar-refractivity contribution >= 4 is 23.1 Å². The van der Waals surface area contributed by atoms with Crippen LogP contribution in [0.15, 0.2) is 39.9 Å². The molecule has 0 N–H and O–H groups in total. The summed E-state index contributed by atoms with van der Waals surface area (Å²) in [6.07, 6.45) is 2.22. The number of likely N-dealkylation sites (N-methyl/N-ethyl adjacent to an activating group) is 1. The molecule has 0 spiro atoms. The summed E-state index contributed by atoms with van der Waals surface area (Å²) in [5, 5.41) is 9.39. The number of aryl methyl sites for hydroxylation is 1. The molecular weight excluding hydrogens is 484 g/mol. The molecule has 0 saturated carbocycles. The zero-order valence-corrected chi connectivity index (χ0v) is 20.9. The molecule has 0 amide bonds. The van der Waals surface area contributed by atoms with Crippen molar-refractivity contribution in [3.63, 3.8) is 0 Å². The minimum absolute atomic E-state index is 0.0173. The molecule has 0 aliphatic carbocycles. The second-order valence-corrected chi connectivity index (χ2v) is 9.90. The van der Waals surface area contributed by atoms with Crippen LogP contribution in [-0.4, -0.2) is 74.0 Å². The van der Waals surface area contributed by atoms with Gasteiger partial charge >= 0.3 is 0 Å². The molecule has 36 heavy (non-hydrogen) atoms. The lowest BCUT2D eigenvalue weighted by molar-refractivity contribution is 0.110. The molecule has 2 aliphatic rings. The number of benzene rings is 1. The molecule has 0 radical (unpaired) electrons. The van der Waals surface area contributed by atoms with Crippen LogP contribution in [0, 0.1) is 6.92 Å². The Morgan fingerprint density at radius 1 is 1.11 bits per heavy atom. The zero-order chi connectivity index (χ0) is 24.8. The van der Waals surface area contributed by atoms with Crippen molar-refractivity contribution in [2.75, 3.05) is 44.7 Å². The Balaban J connectivity index is 1.19. The first-order valence-corrected chi connectivity index (χ1v) is 12.4. The van der Waals surface area contributed by atoms with E-state index in [4.69, 9.17) is 20.9 Å². The SMILES string of the molecule is Cc1nc(N2CCN(C)CC2)n2ncn(Cc3nc(C4COC(c5ccc(Cl)cc5)C4)no3)c(=O)c12. The van der Waals surface area contributed by atoms with Gasteiger partial charge in [0.05, 0.1) is 18.4 Å². The first-order chi connectivity index (χ1) is 17.5. The highest BCUT2D eigenvalue weighted by atomic mass is 35.5. The van der Waals surface area contributed by atoms with E-state index in [1.54, 1.807) is 4.52 Å². The van der Waals surface area contributed by atoms with Gasteiger partial charge < -0.3 is 19.1 Å². The number of hydrogen-bond acceptors (Lipinski definition) is 9. The van der Waals surface area contributed by atoms with Crippen molar-refractivity contribution in [3.8, 4) is 0 Å². The highest BCUT2D eigenvalue weighted by molar-refractivity contribution is 6.30. The lowest BCUT2D eigenvalue weighted by Gasteiger charge is -2.32. The molecule has 6 rings (SSSR count). The molecule has 2 unspecified atom stereocenters. The quantitative estimate of drug-likeness (QED) is 0.399. The lowest BCUT2D eigenvalue weighted by Crippen LogP contribution is -2.45. The van der Waals surface area contributed by atoms with E-state index in [0.717, 1.165) is 38.2 Å². The van der Waals surface area contributed by atoms with Crippen molar-refractivity contribution in [2.45, 2.75) is 31.9 Å². The molecule has 0 bridgehead atoms. The Hall–Kier alpha value is -3.28. The van der Waals surface area contributed by atoms with Crippen LogP contribution in [-0.2, 0) is 11.3 Å². The van der Waals surface area contributed by atoms with Crippen LogP contribution in [0.2, 0.25) is 5.02 Å². The fourth-order valence-electron chi connectivity index (χ4n) is 4.84. The van der Waals surface area contributed by atoms with Gasteiger partial charge in [-0.05, 0) is 38.1 Å². The maximum Gasteiger partial charge on any atom is 0.280 e. The van der Waals surface area contributed by atoms with Gasteiger partial charge in [0.25, 0.3) is 5.56 Å². The molecule has 188 valence electrons. The lowest BCUT2D eigenvalue weighted by atomic mass is 10.0. The number of halogens is 1. The van der Waals surface area contributed by atoms with Gasteiger partial charge in [0, 0.05) is 37.1 Å². The van der Waals surface area contributed by atoms with Crippen LogP contribution in [0.3, 0.4) is 0 Å². The van der Waals surface area contributed by atoms with Crippen molar-refractivity contribution in [2.24, 2.45) is 0 Å². The van der Waals surface area contributed by atoms with E-state index in [-0.39, 0.29) is 24.1 Å². The Bertz CT molecular complexity index is 1440. The smallest absolute Gasteiger partial charge is 0.280 e. The number of nitrogens with zero attached hydrogens (tertiary/aromatic N) is 8. The van der Waals surface area contributed by atoms with Gasteiger partial charge in [-0.25, -0.2) is 4.98 Å². The molecule has 2 atom stereocenters. The monoisotopic (exact) mass is 510 g/mol. The van der Waals surface area contributed by atoms with Crippen molar-refractivity contribution in [1.82, 2.24) is 34.2 Å². The second-order valence-electron chi connectivity index (χ2n) is 9.46. The zero-order valence-electron chi connectivity index (χ0n) is 20.2. The largest absolute Gasteiger partial charge is 0.373 e. The Morgan fingerprint density at radius 2 is 1.89 bits per heavy atom. The Labute approximate surface area is 212 Å². The first kappa shape index (κ1) is 23.1. The Kier molecular flexibility index (Phi) is 5.98. The number of aromatic nitrogens is 6. The topological polar surface area (TPSA) is 107 Å². The fraction of sp³-hybridized carbons (Fsp3) is 0.458. The molecule has 1 aromatic carbocycles. The maximum atomic E-state index is 13.3. The highest BCUT2D eigenvalue weighted by Crippen LogP contribution is 2.37. The van der Waals surface area contributed by atoms with E-state index < -0.39 is 0 Å². The summed E-state index contributed by atoms with van der Waals surface area (Å²) < 4.78 is 14.6. The number of hydrogen-bond donors (Lipinski definition) is 0. The highest BCUT2D eigenvalue weighted by Gasteiger charge is 2.31. The number of fused-ring (bicyclic) bond motifs is 1. The molecule has 12 heteroatoms. The Morgan fingerprint density at radius 3 is 2.67 bits per heavy atom. The number of piperazine rings is 1. The molecule has 5 heterocycles. The van der Waals surface area contributed by atoms with Crippen LogP contribution in [0.4, 0.5) is 5.95 Å². The third kappa shape index (κ3) is 4.27. The average molecular weight is 511 g/mol. The third-order valence-electron chi connectivity index (χ3n) is 6.96. The summed E-state index contributed by atoms with van der Waals surface area (Å²) in [5.74, 6) is 1.66. The fourth-order valence-corrected chi connectivity index (χ4v) is 4.97. The third-order valence-corrected chi connectivity index (χ3v) is 7.21. The van der Waals surface area contributed by atoms with Crippen LogP contribution in [0.1, 0.15) is 41.4 Å². The molecule has 2 fully saturated rings. The predicted octanol–water partition coefficient (Wildman–Crippen LogP) is 2.28. The minimum Gasteiger partial charge on any atom is -0.373 e. The summed E-state index contributed by atoms with van der Waals surface area (Å²) in [6, 6.07) is 7.66. The standard InChI is InChI=1S/C24H27ClN8O3/c1-15-21-23(34)32(14-26-33(21)24(27-15)31-9-7-30(2)8-10-31)12-20-28-22(29-36-20)17-11-19(35-13-17)16-3-5-18(25)6-4-16/h3-6,14,17,19H,7-13H2,1-2H3. The van der Waals surface area contributed by atoms with Crippen LogP contribution >= 0.6 is 11.6 Å². The van der Waals surface area contributed by atoms with Gasteiger partial charge in [-0.2, -0.15) is 14.6 Å². The van der Waals surface area contributed by atoms with Crippen LogP contribution in [0.5, 0.6) is 0 Å². The average Bonchev–Trinajstić information content (AvgIpc) is 3.61. The number of rotatable bonds is 5. The molecule has 2 aliphatic heterocycles. The number of anilines is 1. The van der Waals surface area contributed by atoms with Crippen molar-refractivity contribution in [3.05, 3.63) is 68.9 Å². The van der Waals surface area contributed by atoms with E-state index in [2.05, 4.69) is 37.1 Å². The summed E-state index contributed by atoms with van der Waals surface area (Å²) >= 11 is 6.00. The summed E-state index contributed by atoms with van der Waals surface area (Å²) in [4.78, 5) is 27.0. The molecule has 2 saturated heterocycles. The first-order valence-electron chi connectivity index (χ1n) is 12.0. The molecule has 3 aromatic heterocycles. The molecule has 4 aromatic rings. The van der Waals surface area contributed by atoms with E-state index in [0.29, 0.717) is 40.5 Å². The predicted molar refractivity (Wildman–Crippen MR) is 133 cm³/mol. The van der Waals surface area contributed by atoms with E-state index in [9.17, 15) is 4.79 Å². The second kappa shape index (κ2) is 9.30. The van der Waals surface area contributed by atoms with Gasteiger partial charge in [0.15, 0.2) is 11.3 Å². The van der Waals surface area contributed by atoms with E-state index in [1.165, 1.54) is 10.9 Å². The minimum atomic E-state index is -0.192. The van der Waals surface area contributed by atoms with E-state index in [1.807, 2.05) is 31.2 Å². The van der Waals surface area contributed by atoms with Gasteiger partial charge in [-0.1, -0.05) is 28.9 Å². The van der Waals surface area contributed by atoms with Crippen molar-refractivity contribution < 1.29 is 9.26 Å². The number of ether oxygens (including phenoxy) is 1. The normalized spacial score (nSPS) is 21.0. The van der Waals surface area contributed by atoms with Crippen LogP contribution < -0.4 is 10.5 Å².